The van der Waals surface area contributed by atoms with Gasteiger partial charge in [-0.1, -0.05) is 84.9 Å². The second-order valence-corrected chi connectivity index (χ2v) is 9.45. The molecule has 0 amide bonds. The summed E-state index contributed by atoms with van der Waals surface area (Å²) in [5, 5.41) is 0. The quantitative estimate of drug-likeness (QED) is 0.196. The molecule has 0 aromatic heterocycles. The Morgan fingerprint density at radius 2 is 1.36 bits per heavy atom. The molecule has 2 aliphatic rings. The smallest absolute Gasteiger partial charge is 0.193 e. The molecule has 0 unspecified atom stereocenters. The first-order chi connectivity index (χ1) is 19.2. The minimum Gasteiger partial charge on any atom is -0.494 e. The first-order valence-corrected chi connectivity index (χ1v) is 13.2. The van der Waals surface area contributed by atoms with Gasteiger partial charge in [-0.25, -0.2) is 4.98 Å². The molecule has 4 nitrogen and oxygen atoms in total. The van der Waals surface area contributed by atoms with Crippen LogP contribution in [0.3, 0.4) is 0 Å². The van der Waals surface area contributed by atoms with E-state index in [1.807, 2.05) is 79.7 Å². The molecular formula is C35H28N2O2. The van der Waals surface area contributed by atoms with E-state index >= 15 is 0 Å². The van der Waals surface area contributed by atoms with Crippen LogP contribution in [0.5, 0.6) is 5.75 Å². The molecule has 0 N–H and O–H groups in total. The van der Waals surface area contributed by atoms with Gasteiger partial charge in [0.05, 0.1) is 12.3 Å². The maximum atomic E-state index is 12.9. The van der Waals surface area contributed by atoms with Gasteiger partial charge in [0.2, 0.25) is 0 Å². The van der Waals surface area contributed by atoms with Crippen LogP contribution >= 0.6 is 0 Å². The molecule has 6 rings (SSSR count). The highest BCUT2D eigenvalue weighted by Crippen LogP contribution is 2.37. The van der Waals surface area contributed by atoms with E-state index in [1.54, 1.807) is 0 Å². The van der Waals surface area contributed by atoms with Crippen molar-refractivity contribution in [2.45, 2.75) is 13.5 Å². The molecule has 0 spiro atoms. The monoisotopic (exact) mass is 508 g/mol. The van der Waals surface area contributed by atoms with Crippen LogP contribution in [0, 0.1) is 0 Å². The van der Waals surface area contributed by atoms with Crippen molar-refractivity contribution in [1.29, 1.82) is 0 Å². The van der Waals surface area contributed by atoms with Gasteiger partial charge in [-0.05, 0) is 60.0 Å². The predicted octanol–water partition coefficient (Wildman–Crippen LogP) is 8.00. The molecule has 0 aliphatic carbocycles. The zero-order valence-corrected chi connectivity index (χ0v) is 21.7. The second-order valence-electron chi connectivity index (χ2n) is 9.45. The van der Waals surface area contributed by atoms with E-state index in [1.165, 1.54) is 5.56 Å². The van der Waals surface area contributed by atoms with Gasteiger partial charge in [-0.15, -0.1) is 0 Å². The van der Waals surface area contributed by atoms with Gasteiger partial charge in [0.1, 0.15) is 11.6 Å². The van der Waals surface area contributed by atoms with Gasteiger partial charge in [0.25, 0.3) is 0 Å². The van der Waals surface area contributed by atoms with Crippen LogP contribution in [0.25, 0.3) is 33.8 Å². The topological polar surface area (TPSA) is 44.1 Å². The summed E-state index contributed by atoms with van der Waals surface area (Å²) in [5.74, 6) is 1.79. The Hall–Kier alpha value is -4.96. The number of benzene rings is 4. The number of hydrogen-bond acceptors (Lipinski definition) is 3. The summed E-state index contributed by atoms with van der Waals surface area (Å²) in [6.45, 7) is 3.34. The third-order valence-corrected chi connectivity index (χ3v) is 6.88. The van der Waals surface area contributed by atoms with Gasteiger partial charge in [0.15, 0.2) is 5.78 Å². The highest BCUT2D eigenvalue weighted by Gasteiger charge is 2.19. The van der Waals surface area contributed by atoms with E-state index in [0.717, 1.165) is 46.1 Å². The first-order valence-electron chi connectivity index (χ1n) is 13.2. The molecule has 0 fully saturated rings. The Kier molecular flexibility index (Phi) is 6.75. The van der Waals surface area contributed by atoms with Crippen LogP contribution in [-0.4, -0.2) is 21.9 Å². The number of carbonyl (C=O) groups is 1. The summed E-state index contributed by atoms with van der Waals surface area (Å²) < 4.78 is 7.82. The Balaban J connectivity index is 1.40. The van der Waals surface area contributed by atoms with Crippen LogP contribution in [0.1, 0.15) is 28.4 Å². The lowest BCUT2D eigenvalue weighted by Gasteiger charge is -2.15. The molecule has 0 radical (unpaired) electrons. The summed E-state index contributed by atoms with van der Waals surface area (Å²) >= 11 is 0. The normalized spacial score (nSPS) is 11.0. The number of nitrogens with zero attached hydrogens (tertiary/aromatic N) is 2. The molecule has 4 aromatic rings. The zero-order chi connectivity index (χ0) is 26.6. The standard InChI is InChI=1S/C35H28N2O2/c1-2-39-30-19-17-27(18-20-30)33-23-32-31(21-22-37(35(32)36-33)24-25-9-5-3-6-10-25)26-13-15-29(16-14-26)34(38)28-11-7-4-8-12-28/h3-23H,2,24H2,1H3. The number of ketones is 1. The summed E-state index contributed by atoms with van der Waals surface area (Å²) in [6.07, 6.45) is 2.10. The second kappa shape index (κ2) is 10.8. The largest absolute Gasteiger partial charge is 0.494 e. The van der Waals surface area contributed by atoms with E-state index in [-0.39, 0.29) is 5.78 Å². The third-order valence-electron chi connectivity index (χ3n) is 6.88. The molecule has 4 aromatic carbocycles. The lowest BCUT2D eigenvalue weighted by molar-refractivity contribution is 0.103. The van der Waals surface area contributed by atoms with E-state index in [4.69, 9.17) is 9.72 Å². The van der Waals surface area contributed by atoms with Crippen molar-refractivity contribution in [1.82, 2.24) is 9.55 Å². The summed E-state index contributed by atoms with van der Waals surface area (Å²) in [4.78, 5) is 18.0. The number of hydrogen-bond donors (Lipinski definition) is 0. The van der Waals surface area contributed by atoms with Gasteiger partial charge >= 0.3 is 0 Å². The number of fused-ring (bicyclic) bond motifs is 1. The number of pyridine rings is 1. The van der Waals surface area contributed by atoms with Crippen LogP contribution in [0.2, 0.25) is 0 Å². The fourth-order valence-corrected chi connectivity index (χ4v) is 4.90. The lowest BCUT2D eigenvalue weighted by atomic mass is 9.96. The number of ether oxygens (including phenoxy) is 1. The van der Waals surface area contributed by atoms with Crippen molar-refractivity contribution >= 4 is 5.78 Å². The average molecular weight is 509 g/mol. The van der Waals surface area contributed by atoms with Crippen molar-refractivity contribution < 1.29 is 9.53 Å². The Labute approximate surface area is 228 Å². The minimum atomic E-state index is 0.0221. The van der Waals surface area contributed by atoms with Gasteiger partial charge in [-0.3, -0.25) is 4.79 Å². The zero-order valence-electron chi connectivity index (χ0n) is 21.7. The highest BCUT2D eigenvalue weighted by molar-refractivity contribution is 6.09. The molecule has 39 heavy (non-hydrogen) atoms. The lowest BCUT2D eigenvalue weighted by Crippen LogP contribution is -2.05. The predicted molar refractivity (Wildman–Crippen MR) is 156 cm³/mol. The molecule has 0 saturated carbocycles. The number of rotatable bonds is 8. The van der Waals surface area contributed by atoms with Crippen molar-refractivity contribution in [2.24, 2.45) is 0 Å². The highest BCUT2D eigenvalue weighted by atomic mass is 16.5. The fraction of sp³-hybridized carbons (Fsp3) is 0.0857. The van der Waals surface area contributed by atoms with Crippen molar-refractivity contribution in [3.8, 4) is 39.5 Å². The Morgan fingerprint density at radius 1 is 0.718 bits per heavy atom. The van der Waals surface area contributed by atoms with Crippen LogP contribution < -0.4 is 4.74 Å². The molecule has 2 aliphatic heterocycles. The SMILES string of the molecule is CCOc1ccc(-c2cc3c(-c4ccc(C(=O)c5ccccc5)cc4)ccn(Cc4ccccc4)c-3n2)cc1. The summed E-state index contributed by atoms with van der Waals surface area (Å²) in [7, 11) is 0. The average Bonchev–Trinajstić information content (AvgIpc) is 3.45. The minimum absolute atomic E-state index is 0.0221. The van der Waals surface area contributed by atoms with E-state index < -0.39 is 0 Å². The summed E-state index contributed by atoms with van der Waals surface area (Å²) in [6, 6.07) is 40.0. The van der Waals surface area contributed by atoms with Gasteiger partial charge < -0.3 is 9.30 Å². The van der Waals surface area contributed by atoms with E-state index in [2.05, 4.69) is 59.3 Å². The first kappa shape index (κ1) is 24.4. The van der Waals surface area contributed by atoms with Crippen LogP contribution in [0.15, 0.2) is 128 Å². The van der Waals surface area contributed by atoms with E-state index in [0.29, 0.717) is 17.7 Å². The molecule has 190 valence electrons. The fourth-order valence-electron chi connectivity index (χ4n) is 4.90. The van der Waals surface area contributed by atoms with Crippen molar-refractivity contribution in [2.75, 3.05) is 6.61 Å². The Morgan fingerprint density at radius 3 is 2.05 bits per heavy atom. The molecule has 4 heteroatoms. The molecule has 0 bridgehead atoms. The summed E-state index contributed by atoms with van der Waals surface area (Å²) in [5.41, 5.74) is 7.72. The number of carbonyl (C=O) groups excluding carboxylic acids is 1. The van der Waals surface area contributed by atoms with Gasteiger partial charge in [0, 0.05) is 35.0 Å². The molecule has 0 atom stereocenters. The Bertz CT molecular complexity index is 1670. The molecule has 0 saturated heterocycles. The van der Waals surface area contributed by atoms with Crippen molar-refractivity contribution in [3.63, 3.8) is 0 Å². The van der Waals surface area contributed by atoms with Gasteiger partial charge in [-0.2, -0.15) is 0 Å². The number of aromatic nitrogens is 2. The third kappa shape index (κ3) is 5.10. The maximum absolute atomic E-state index is 12.9. The van der Waals surface area contributed by atoms with E-state index in [9.17, 15) is 4.79 Å². The maximum Gasteiger partial charge on any atom is 0.193 e. The van der Waals surface area contributed by atoms with Crippen molar-refractivity contribution in [3.05, 3.63) is 144 Å². The van der Waals surface area contributed by atoms with Crippen LogP contribution in [-0.2, 0) is 6.54 Å². The molecular weight excluding hydrogens is 480 g/mol. The molecule has 2 heterocycles. The van der Waals surface area contributed by atoms with Crippen LogP contribution in [0.4, 0.5) is 0 Å².